The lowest BCUT2D eigenvalue weighted by Gasteiger charge is -2.19. The van der Waals surface area contributed by atoms with E-state index in [1.807, 2.05) is 0 Å². The number of hydrogen-bond donors (Lipinski definition) is 2. The molecule has 1 aliphatic heterocycles. The zero-order valence-electron chi connectivity index (χ0n) is 20.0. The van der Waals surface area contributed by atoms with Crippen LogP contribution in [0.4, 0.5) is 0 Å². The van der Waals surface area contributed by atoms with Crippen LogP contribution in [0.1, 0.15) is 38.5 Å². The average Bonchev–Trinajstić information content (AvgIpc) is 3.15. The van der Waals surface area contributed by atoms with Gasteiger partial charge < -0.3 is 34.0 Å². The summed E-state index contributed by atoms with van der Waals surface area (Å²) in [5.41, 5.74) is 0. The first-order valence-electron chi connectivity index (χ1n) is 11.5. The average molecular weight is 520 g/mol. The zero-order chi connectivity index (χ0) is 25.9. The summed E-state index contributed by atoms with van der Waals surface area (Å²) in [7, 11) is -3.10. The van der Waals surface area contributed by atoms with Gasteiger partial charge in [-0.15, -0.1) is 0 Å². The quantitative estimate of drug-likeness (QED) is 0.116. The van der Waals surface area contributed by atoms with Crippen LogP contribution >= 0.6 is 7.82 Å². The zero-order valence-corrected chi connectivity index (χ0v) is 20.9. The second-order valence-electron chi connectivity index (χ2n) is 7.46. The number of carbonyl (C=O) groups excluding carboxylic acids is 4. The molecule has 200 valence electrons. The van der Waals surface area contributed by atoms with Gasteiger partial charge in [0, 0.05) is 51.7 Å². The number of imide groups is 1. The number of carbonyl (C=O) groups is 4. The van der Waals surface area contributed by atoms with Gasteiger partial charge in [0.2, 0.25) is 11.8 Å². The van der Waals surface area contributed by atoms with Crippen molar-refractivity contribution in [2.45, 2.75) is 38.5 Å². The smallest absolute Gasteiger partial charge is 0.267 e. The first-order valence-corrected chi connectivity index (χ1v) is 12.9. The van der Waals surface area contributed by atoms with Crippen LogP contribution in [0.2, 0.25) is 0 Å². The molecule has 0 bridgehead atoms. The van der Waals surface area contributed by atoms with Gasteiger partial charge in [0.05, 0.1) is 33.0 Å². The molecule has 0 aliphatic carbocycles. The predicted octanol–water partition coefficient (Wildman–Crippen LogP) is -0.351. The minimum atomic E-state index is -4.15. The van der Waals surface area contributed by atoms with Crippen LogP contribution in [-0.2, 0) is 42.3 Å². The summed E-state index contributed by atoms with van der Waals surface area (Å²) in [6, 6.07) is 0. The summed E-state index contributed by atoms with van der Waals surface area (Å²) in [6.45, 7) is 2.13. The number of ether oxygens (including phenoxy) is 2. The van der Waals surface area contributed by atoms with Crippen molar-refractivity contribution >= 4 is 31.5 Å². The third kappa shape index (κ3) is 15.5. The summed E-state index contributed by atoms with van der Waals surface area (Å²) >= 11 is 0. The van der Waals surface area contributed by atoms with Gasteiger partial charge in [-0.1, -0.05) is 12.8 Å². The van der Waals surface area contributed by atoms with Gasteiger partial charge in [0.25, 0.3) is 19.6 Å². The number of hydrogen-bond acceptors (Lipinski definition) is 10. The second kappa shape index (κ2) is 18.2. The molecule has 13 nitrogen and oxygen atoms in total. The van der Waals surface area contributed by atoms with Gasteiger partial charge >= 0.3 is 0 Å². The Kier molecular flexibility index (Phi) is 16.0. The van der Waals surface area contributed by atoms with Crippen molar-refractivity contribution in [2.24, 2.45) is 0 Å². The van der Waals surface area contributed by atoms with Gasteiger partial charge in [-0.25, -0.2) is 0 Å². The molecule has 1 unspecified atom stereocenters. The molecule has 0 spiro atoms. The highest BCUT2D eigenvalue weighted by molar-refractivity contribution is 7.45. The Morgan fingerprint density at radius 2 is 1.46 bits per heavy atom. The van der Waals surface area contributed by atoms with Crippen LogP contribution in [0.25, 0.3) is 0 Å². The Balaban J connectivity index is 1.83. The van der Waals surface area contributed by atoms with E-state index in [9.17, 15) is 28.6 Å². The maximum absolute atomic E-state index is 11.7. The molecule has 1 atom stereocenters. The van der Waals surface area contributed by atoms with Crippen molar-refractivity contribution in [2.75, 3.05) is 59.8 Å². The lowest BCUT2D eigenvalue weighted by atomic mass is 10.2. The Morgan fingerprint density at radius 1 is 0.857 bits per heavy atom. The molecule has 2 N–H and O–H groups in total. The maximum Gasteiger partial charge on any atom is 0.267 e. The van der Waals surface area contributed by atoms with E-state index < -0.39 is 19.6 Å². The molecule has 1 heterocycles. The van der Waals surface area contributed by atoms with Crippen molar-refractivity contribution in [3.8, 4) is 0 Å². The fourth-order valence-corrected chi connectivity index (χ4v) is 3.29. The summed E-state index contributed by atoms with van der Waals surface area (Å²) < 4.78 is 30.4. The minimum Gasteiger partial charge on any atom is -0.756 e. The van der Waals surface area contributed by atoms with Crippen molar-refractivity contribution in [3.63, 3.8) is 0 Å². The topological polar surface area (TPSA) is 173 Å². The molecule has 0 aromatic rings. The van der Waals surface area contributed by atoms with E-state index in [0.29, 0.717) is 32.7 Å². The lowest BCUT2D eigenvalue weighted by Crippen LogP contribution is -2.35. The Bertz CT molecular complexity index is 744. The van der Waals surface area contributed by atoms with Crippen molar-refractivity contribution < 1.29 is 47.2 Å². The molecule has 0 fully saturated rings. The Labute approximate surface area is 205 Å². The first-order chi connectivity index (χ1) is 16.7. The number of rotatable bonds is 21. The molecule has 0 aromatic carbocycles. The number of phosphoric ester groups is 1. The molecular formula is C21H35N3O10P-. The Morgan fingerprint density at radius 3 is 2.14 bits per heavy atom. The number of unbranched alkanes of at least 4 members (excludes halogenated alkanes) is 3. The third-order valence-corrected chi connectivity index (χ3v) is 5.69. The van der Waals surface area contributed by atoms with Gasteiger partial charge in [-0.05, 0) is 12.8 Å². The van der Waals surface area contributed by atoms with E-state index >= 15 is 0 Å². The van der Waals surface area contributed by atoms with Crippen LogP contribution < -0.4 is 15.5 Å². The molecule has 0 saturated heterocycles. The molecular weight excluding hydrogens is 485 g/mol. The van der Waals surface area contributed by atoms with Crippen molar-refractivity contribution in [1.29, 1.82) is 0 Å². The molecule has 1 aliphatic rings. The summed E-state index contributed by atoms with van der Waals surface area (Å²) in [6.07, 6.45) is 5.60. The minimum absolute atomic E-state index is 0.0286. The monoisotopic (exact) mass is 520 g/mol. The van der Waals surface area contributed by atoms with Gasteiger partial charge in [0.15, 0.2) is 0 Å². The van der Waals surface area contributed by atoms with Crippen LogP contribution in [0.5, 0.6) is 0 Å². The third-order valence-electron chi connectivity index (χ3n) is 4.74. The van der Waals surface area contributed by atoms with Crippen LogP contribution in [0.3, 0.4) is 0 Å². The maximum atomic E-state index is 11.7. The number of amides is 4. The van der Waals surface area contributed by atoms with Crippen molar-refractivity contribution in [3.05, 3.63) is 12.2 Å². The molecule has 14 heteroatoms. The van der Waals surface area contributed by atoms with E-state index in [2.05, 4.69) is 19.7 Å². The molecule has 4 amide bonds. The summed E-state index contributed by atoms with van der Waals surface area (Å²) in [5, 5.41) is 5.43. The van der Waals surface area contributed by atoms with Crippen LogP contribution in [0, 0.1) is 0 Å². The highest BCUT2D eigenvalue weighted by Crippen LogP contribution is 2.36. The predicted molar refractivity (Wildman–Crippen MR) is 122 cm³/mol. The van der Waals surface area contributed by atoms with Crippen LogP contribution in [0.15, 0.2) is 12.2 Å². The number of nitrogens with zero attached hydrogens (tertiary/aromatic N) is 1. The number of phosphoric acid groups is 1. The first kappa shape index (κ1) is 30.9. The number of nitrogens with one attached hydrogen (secondary N) is 2. The van der Waals surface area contributed by atoms with E-state index in [1.165, 1.54) is 12.2 Å². The molecule has 0 radical (unpaired) electrons. The SMILES string of the molecule is COP(=O)([O-])OCCCCCCNC(=O)CCOCCOCCNC(=O)CCN1C(=O)C=CC1=O. The van der Waals surface area contributed by atoms with Crippen molar-refractivity contribution in [1.82, 2.24) is 15.5 Å². The fourth-order valence-electron chi connectivity index (χ4n) is 2.83. The molecule has 0 aromatic heterocycles. The normalized spacial score (nSPS) is 14.9. The Hall–Kier alpha value is -2.15. The highest BCUT2D eigenvalue weighted by Gasteiger charge is 2.23. The lowest BCUT2D eigenvalue weighted by molar-refractivity contribution is -0.223. The fraction of sp³-hybridized carbons (Fsp3) is 0.714. The van der Waals surface area contributed by atoms with Gasteiger partial charge in [-0.2, -0.15) is 0 Å². The summed E-state index contributed by atoms with van der Waals surface area (Å²) in [4.78, 5) is 58.2. The molecule has 1 rings (SSSR count). The standard InChI is InChI=1S/C21H36N3O10P/c1-31-35(29,30)34-13-5-3-2-4-10-22-19(26)9-14-32-16-17-33-15-11-23-18(25)8-12-24-20(27)6-7-21(24)28/h6-7H,2-5,8-17H2,1H3,(H,22,26)(H,23,25)(H,29,30)/p-1. The van der Waals surface area contributed by atoms with E-state index in [4.69, 9.17) is 9.47 Å². The van der Waals surface area contributed by atoms with Crippen LogP contribution in [-0.4, -0.2) is 88.3 Å². The highest BCUT2D eigenvalue weighted by atomic mass is 31.2. The molecule has 35 heavy (non-hydrogen) atoms. The van der Waals surface area contributed by atoms with Gasteiger partial charge in [0.1, 0.15) is 0 Å². The second-order valence-corrected chi connectivity index (χ2v) is 8.98. The van der Waals surface area contributed by atoms with E-state index in [1.54, 1.807) is 0 Å². The van der Waals surface area contributed by atoms with E-state index in [-0.39, 0.29) is 51.0 Å². The van der Waals surface area contributed by atoms with Gasteiger partial charge in [-0.3, -0.25) is 28.6 Å². The van der Waals surface area contributed by atoms with E-state index in [0.717, 1.165) is 31.3 Å². The summed E-state index contributed by atoms with van der Waals surface area (Å²) in [5.74, 6) is -1.22. The molecule has 0 saturated carbocycles. The largest absolute Gasteiger partial charge is 0.756 e.